The number of terminal acetylenes is 1. The molecule has 1 aromatic rings. The van der Waals surface area contributed by atoms with E-state index in [0.29, 0.717) is 18.2 Å². The van der Waals surface area contributed by atoms with E-state index in [-0.39, 0.29) is 18.0 Å². The van der Waals surface area contributed by atoms with Crippen molar-refractivity contribution in [3.63, 3.8) is 0 Å². The zero-order valence-electron chi connectivity index (χ0n) is 10.1. The summed E-state index contributed by atoms with van der Waals surface area (Å²) in [6.07, 6.45) is 8.88. The second-order valence-corrected chi connectivity index (χ2v) is 6.45. The number of hydrogen-bond donors (Lipinski definition) is 2. The van der Waals surface area contributed by atoms with E-state index < -0.39 is 10.0 Å². The fraction of sp³-hybridized carbons (Fsp3) is 0.500. The Morgan fingerprint density at radius 1 is 1.56 bits per heavy atom. The highest BCUT2D eigenvalue weighted by Gasteiger charge is 2.31. The lowest BCUT2D eigenvalue weighted by molar-refractivity contribution is 0.430. The maximum atomic E-state index is 12.4. The summed E-state index contributed by atoms with van der Waals surface area (Å²) in [7, 11) is -3.50. The number of sulfonamides is 1. The fourth-order valence-electron chi connectivity index (χ4n) is 1.77. The van der Waals surface area contributed by atoms with Gasteiger partial charge in [0.05, 0.1) is 11.4 Å². The molecule has 3 N–H and O–H groups in total. The highest BCUT2D eigenvalue weighted by molar-refractivity contribution is 7.89. The molecule has 0 aromatic carbocycles. The van der Waals surface area contributed by atoms with Gasteiger partial charge in [0, 0.05) is 25.0 Å². The van der Waals surface area contributed by atoms with Crippen molar-refractivity contribution in [2.45, 2.75) is 24.3 Å². The van der Waals surface area contributed by atoms with Crippen molar-refractivity contribution in [3.8, 4) is 12.3 Å². The molecule has 98 valence electrons. The quantitative estimate of drug-likeness (QED) is 0.737. The molecule has 0 spiro atoms. The first kappa shape index (κ1) is 13.1. The molecular formula is C12H17N3O2S. The first-order valence-electron chi connectivity index (χ1n) is 5.89. The molecule has 1 aliphatic rings. The summed E-state index contributed by atoms with van der Waals surface area (Å²) in [4.78, 5) is 3.08. The normalized spacial score (nSPS) is 15.8. The number of nitrogens with one attached hydrogen (secondary N) is 1. The van der Waals surface area contributed by atoms with Gasteiger partial charge in [0.15, 0.2) is 0 Å². The van der Waals surface area contributed by atoms with Crippen LogP contribution in [-0.4, -0.2) is 30.8 Å². The third-order valence-corrected chi connectivity index (χ3v) is 4.79. The molecule has 0 aliphatic heterocycles. The van der Waals surface area contributed by atoms with Crippen molar-refractivity contribution >= 4 is 10.0 Å². The second-order valence-electron chi connectivity index (χ2n) is 4.51. The Morgan fingerprint density at radius 3 is 2.78 bits per heavy atom. The van der Waals surface area contributed by atoms with Crippen LogP contribution in [0.5, 0.6) is 0 Å². The minimum Gasteiger partial charge on any atom is -0.363 e. The summed E-state index contributed by atoms with van der Waals surface area (Å²) in [5, 5.41) is 0. The molecule has 0 saturated heterocycles. The van der Waals surface area contributed by atoms with E-state index >= 15 is 0 Å². The lowest BCUT2D eigenvalue weighted by atomic mass is 10.4. The smallest absolute Gasteiger partial charge is 0.245 e. The number of nitrogens with zero attached hydrogens (tertiary/aromatic N) is 1. The molecule has 1 fully saturated rings. The number of rotatable bonds is 6. The Kier molecular flexibility index (Phi) is 3.76. The Balaban J connectivity index is 2.22. The van der Waals surface area contributed by atoms with Crippen LogP contribution in [0.4, 0.5) is 0 Å². The molecule has 18 heavy (non-hydrogen) atoms. The number of nitrogens with two attached hydrogens (primary N) is 1. The minimum atomic E-state index is -3.50. The van der Waals surface area contributed by atoms with Crippen LogP contribution in [0.2, 0.25) is 0 Å². The van der Waals surface area contributed by atoms with Gasteiger partial charge < -0.3 is 10.7 Å². The molecule has 2 rings (SSSR count). The first-order valence-corrected chi connectivity index (χ1v) is 7.33. The molecule has 0 unspecified atom stereocenters. The van der Waals surface area contributed by atoms with E-state index in [9.17, 15) is 8.42 Å². The molecule has 1 aliphatic carbocycles. The first-order chi connectivity index (χ1) is 8.57. The van der Waals surface area contributed by atoms with Gasteiger partial charge in [-0.15, -0.1) is 6.42 Å². The Hall–Kier alpha value is -1.29. The van der Waals surface area contributed by atoms with Gasteiger partial charge in [0.25, 0.3) is 0 Å². The highest BCUT2D eigenvalue weighted by Crippen LogP contribution is 2.31. The molecule has 5 nitrogen and oxygen atoms in total. The maximum absolute atomic E-state index is 12.4. The van der Waals surface area contributed by atoms with Gasteiger partial charge in [-0.25, -0.2) is 8.42 Å². The van der Waals surface area contributed by atoms with E-state index in [2.05, 4.69) is 10.9 Å². The zero-order valence-corrected chi connectivity index (χ0v) is 10.9. The summed E-state index contributed by atoms with van der Waals surface area (Å²) in [6, 6.07) is 1.56. The van der Waals surface area contributed by atoms with Crippen LogP contribution in [-0.2, 0) is 16.6 Å². The van der Waals surface area contributed by atoms with Crippen LogP contribution in [0.3, 0.4) is 0 Å². The molecule has 0 atom stereocenters. The molecule has 1 heterocycles. The molecular weight excluding hydrogens is 250 g/mol. The van der Waals surface area contributed by atoms with Crippen LogP contribution in [0.15, 0.2) is 17.2 Å². The monoisotopic (exact) mass is 267 g/mol. The molecule has 1 saturated carbocycles. The molecule has 0 amide bonds. The summed E-state index contributed by atoms with van der Waals surface area (Å²) in [6.45, 7) is 0.908. The lowest BCUT2D eigenvalue weighted by Crippen LogP contribution is -2.33. The standard InChI is InChI=1S/C12H17N3O2S/c1-2-5-15(9-10-3-4-10)18(16,17)12-6-11(7-13)14-8-12/h1,6,8,10,14H,3-5,7,9,13H2. The average Bonchev–Trinajstić information content (AvgIpc) is 3.02. The lowest BCUT2D eigenvalue weighted by Gasteiger charge is -2.18. The maximum Gasteiger partial charge on any atom is 0.245 e. The van der Waals surface area contributed by atoms with Gasteiger partial charge in [-0.1, -0.05) is 5.92 Å². The van der Waals surface area contributed by atoms with E-state index in [1.165, 1.54) is 10.5 Å². The molecule has 0 radical (unpaired) electrons. The van der Waals surface area contributed by atoms with Crippen molar-refractivity contribution in [1.29, 1.82) is 0 Å². The van der Waals surface area contributed by atoms with Gasteiger partial charge in [-0.05, 0) is 24.8 Å². The van der Waals surface area contributed by atoms with Gasteiger partial charge in [0.2, 0.25) is 10.0 Å². The minimum absolute atomic E-state index is 0.113. The summed E-state index contributed by atoms with van der Waals surface area (Å²) < 4.78 is 26.1. The van der Waals surface area contributed by atoms with Crippen molar-refractivity contribution in [1.82, 2.24) is 9.29 Å². The van der Waals surface area contributed by atoms with Crippen molar-refractivity contribution < 1.29 is 8.42 Å². The predicted molar refractivity (Wildman–Crippen MR) is 69.0 cm³/mol. The SMILES string of the molecule is C#CCN(CC1CC1)S(=O)(=O)c1c[nH]c(CN)c1. The van der Waals surface area contributed by atoms with Crippen molar-refractivity contribution in [3.05, 3.63) is 18.0 Å². The van der Waals surface area contributed by atoms with Crippen LogP contribution in [0.25, 0.3) is 0 Å². The van der Waals surface area contributed by atoms with Gasteiger partial charge in [-0.2, -0.15) is 4.31 Å². The number of aromatic amines is 1. The number of aromatic nitrogens is 1. The number of hydrogen-bond acceptors (Lipinski definition) is 3. The van der Waals surface area contributed by atoms with Crippen molar-refractivity contribution in [2.24, 2.45) is 11.7 Å². The predicted octanol–water partition coefficient (Wildman–Crippen LogP) is 0.507. The van der Waals surface area contributed by atoms with E-state index in [0.717, 1.165) is 12.8 Å². The summed E-state index contributed by atoms with van der Waals surface area (Å²) >= 11 is 0. The van der Waals surface area contributed by atoms with Crippen LogP contribution in [0.1, 0.15) is 18.5 Å². The third-order valence-electron chi connectivity index (χ3n) is 3.00. The molecule has 6 heteroatoms. The Morgan fingerprint density at radius 2 is 2.28 bits per heavy atom. The van der Waals surface area contributed by atoms with E-state index in [1.807, 2.05) is 0 Å². The Labute approximate surface area is 107 Å². The number of H-pyrrole nitrogens is 1. The van der Waals surface area contributed by atoms with Gasteiger partial charge in [-0.3, -0.25) is 0 Å². The highest BCUT2D eigenvalue weighted by atomic mass is 32.2. The fourth-order valence-corrected chi connectivity index (χ4v) is 3.22. The molecule has 0 bridgehead atoms. The van der Waals surface area contributed by atoms with Crippen LogP contribution >= 0.6 is 0 Å². The largest absolute Gasteiger partial charge is 0.363 e. The molecule has 1 aromatic heterocycles. The third kappa shape index (κ3) is 2.75. The summed E-state index contributed by atoms with van der Waals surface area (Å²) in [5.41, 5.74) is 6.15. The van der Waals surface area contributed by atoms with Gasteiger partial charge in [0.1, 0.15) is 0 Å². The van der Waals surface area contributed by atoms with Gasteiger partial charge >= 0.3 is 0 Å². The topological polar surface area (TPSA) is 79.2 Å². The zero-order chi connectivity index (χ0) is 13.2. The summed E-state index contributed by atoms with van der Waals surface area (Å²) in [5.74, 6) is 2.87. The van der Waals surface area contributed by atoms with Crippen LogP contribution in [0, 0.1) is 18.3 Å². The van der Waals surface area contributed by atoms with E-state index in [1.54, 1.807) is 6.07 Å². The van der Waals surface area contributed by atoms with Crippen molar-refractivity contribution in [2.75, 3.05) is 13.1 Å². The Bertz CT molecular complexity index is 552. The second kappa shape index (κ2) is 5.14. The average molecular weight is 267 g/mol. The van der Waals surface area contributed by atoms with E-state index in [4.69, 9.17) is 12.2 Å². The van der Waals surface area contributed by atoms with Crippen LogP contribution < -0.4 is 5.73 Å².